The number of aromatic nitrogens is 1. The second-order valence-electron chi connectivity index (χ2n) is 7.52. The Morgan fingerprint density at radius 2 is 1.93 bits per heavy atom. The molecule has 0 saturated carbocycles. The van der Waals surface area contributed by atoms with E-state index in [0.717, 1.165) is 40.6 Å². The molecule has 6 heteroatoms. The van der Waals surface area contributed by atoms with Crippen LogP contribution in [0, 0.1) is 5.82 Å². The smallest absolute Gasteiger partial charge is 0.302 e. The van der Waals surface area contributed by atoms with Gasteiger partial charge in [0.1, 0.15) is 5.82 Å². The lowest BCUT2D eigenvalue weighted by molar-refractivity contribution is -0.141. The number of hydrogen-bond donors (Lipinski definition) is 0. The van der Waals surface area contributed by atoms with Gasteiger partial charge in [0, 0.05) is 41.1 Å². The van der Waals surface area contributed by atoms with Gasteiger partial charge >= 0.3 is 5.97 Å². The SMILES string of the molecule is CC(=O)OC[C@H]1CCc2c1n(Cc1ccc(Cl)cc1)c1c(C(C)=O)cc(F)cc21. The third-order valence-corrected chi connectivity index (χ3v) is 5.77. The van der Waals surface area contributed by atoms with Crippen molar-refractivity contribution in [1.82, 2.24) is 4.57 Å². The number of aryl methyl sites for hydroxylation is 1. The molecule has 0 spiro atoms. The molecule has 1 atom stereocenters. The van der Waals surface area contributed by atoms with E-state index >= 15 is 0 Å². The van der Waals surface area contributed by atoms with Gasteiger partial charge in [-0.2, -0.15) is 0 Å². The Morgan fingerprint density at radius 3 is 2.59 bits per heavy atom. The van der Waals surface area contributed by atoms with Gasteiger partial charge in [-0.05, 0) is 55.2 Å². The first-order valence-electron chi connectivity index (χ1n) is 9.58. The fraction of sp³-hybridized carbons (Fsp3) is 0.304. The third kappa shape index (κ3) is 3.67. The number of rotatable bonds is 5. The molecule has 3 aromatic rings. The normalized spacial score (nSPS) is 15.5. The van der Waals surface area contributed by atoms with E-state index in [1.807, 2.05) is 24.3 Å². The highest BCUT2D eigenvalue weighted by atomic mass is 35.5. The first-order chi connectivity index (χ1) is 13.8. The van der Waals surface area contributed by atoms with Gasteiger partial charge in [0.2, 0.25) is 0 Å². The van der Waals surface area contributed by atoms with Crippen molar-refractivity contribution in [3.05, 3.63) is 69.6 Å². The molecule has 0 aliphatic heterocycles. The molecule has 0 amide bonds. The summed E-state index contributed by atoms with van der Waals surface area (Å²) in [6.07, 6.45) is 1.58. The molecule has 2 aromatic carbocycles. The topological polar surface area (TPSA) is 48.3 Å². The maximum atomic E-state index is 14.3. The summed E-state index contributed by atoms with van der Waals surface area (Å²) in [6, 6.07) is 10.3. The molecule has 4 nitrogen and oxygen atoms in total. The van der Waals surface area contributed by atoms with Gasteiger partial charge in [-0.15, -0.1) is 0 Å². The molecule has 0 fully saturated rings. The number of Topliss-reactive ketones (excluding diaryl/α,β-unsaturated/α-hetero) is 1. The Kier molecular flexibility index (Phi) is 5.17. The molecule has 4 rings (SSSR count). The number of ether oxygens (including phenoxy) is 1. The van der Waals surface area contributed by atoms with E-state index in [9.17, 15) is 14.0 Å². The largest absolute Gasteiger partial charge is 0.465 e. The molecular formula is C23H21ClFNO3. The summed E-state index contributed by atoms with van der Waals surface area (Å²) in [5.74, 6) is -0.914. The summed E-state index contributed by atoms with van der Waals surface area (Å²) < 4.78 is 21.7. The summed E-state index contributed by atoms with van der Waals surface area (Å²) in [7, 11) is 0. The Balaban J connectivity index is 1.92. The van der Waals surface area contributed by atoms with Gasteiger partial charge in [-0.3, -0.25) is 9.59 Å². The first kappa shape index (κ1) is 19.6. The van der Waals surface area contributed by atoms with Crippen molar-refractivity contribution in [2.75, 3.05) is 6.61 Å². The Hall–Kier alpha value is -2.66. The van der Waals surface area contributed by atoms with E-state index < -0.39 is 5.82 Å². The van der Waals surface area contributed by atoms with Crippen molar-refractivity contribution in [1.29, 1.82) is 0 Å². The molecule has 0 radical (unpaired) electrons. The van der Waals surface area contributed by atoms with Gasteiger partial charge in [0.05, 0.1) is 12.1 Å². The van der Waals surface area contributed by atoms with Crippen LogP contribution in [0.4, 0.5) is 4.39 Å². The predicted molar refractivity (Wildman–Crippen MR) is 110 cm³/mol. The van der Waals surface area contributed by atoms with Crippen molar-refractivity contribution in [2.45, 2.75) is 39.2 Å². The van der Waals surface area contributed by atoms with Gasteiger partial charge < -0.3 is 9.30 Å². The van der Waals surface area contributed by atoms with E-state index in [-0.39, 0.29) is 24.3 Å². The van der Waals surface area contributed by atoms with Crippen molar-refractivity contribution in [3.63, 3.8) is 0 Å². The fourth-order valence-corrected chi connectivity index (χ4v) is 4.44. The molecule has 0 unspecified atom stereocenters. The number of esters is 1. The molecule has 0 saturated heterocycles. The van der Waals surface area contributed by atoms with Crippen LogP contribution in [0.15, 0.2) is 36.4 Å². The predicted octanol–water partition coefficient (Wildman–Crippen LogP) is 5.28. The molecule has 150 valence electrons. The van der Waals surface area contributed by atoms with E-state index in [1.165, 1.54) is 26.0 Å². The lowest BCUT2D eigenvalue weighted by Gasteiger charge is -2.17. The molecule has 1 aliphatic carbocycles. The van der Waals surface area contributed by atoms with Crippen molar-refractivity contribution < 1.29 is 18.7 Å². The Bertz CT molecular complexity index is 1120. The fourth-order valence-electron chi connectivity index (χ4n) is 4.31. The van der Waals surface area contributed by atoms with Crippen LogP contribution in [0.2, 0.25) is 5.02 Å². The quantitative estimate of drug-likeness (QED) is 0.422. The molecule has 0 bridgehead atoms. The van der Waals surface area contributed by atoms with Crippen molar-refractivity contribution >= 4 is 34.3 Å². The van der Waals surface area contributed by atoms with Crippen LogP contribution >= 0.6 is 11.6 Å². The zero-order valence-electron chi connectivity index (χ0n) is 16.3. The number of halogens is 2. The minimum Gasteiger partial charge on any atom is -0.465 e. The molecule has 1 aromatic heterocycles. The summed E-state index contributed by atoms with van der Waals surface area (Å²) in [6.45, 7) is 3.64. The van der Waals surface area contributed by atoms with Crippen LogP contribution in [-0.4, -0.2) is 22.9 Å². The average molecular weight is 414 g/mol. The van der Waals surface area contributed by atoms with Crippen LogP contribution in [0.1, 0.15) is 53.4 Å². The number of hydrogen-bond acceptors (Lipinski definition) is 3. The van der Waals surface area contributed by atoms with Crippen molar-refractivity contribution in [3.8, 4) is 0 Å². The van der Waals surface area contributed by atoms with Crippen LogP contribution in [-0.2, 0) is 22.5 Å². The standard InChI is InChI=1S/C23H21ClFNO3/c1-13(27)20-9-18(25)10-21-19-8-5-16(12-29-14(2)28)22(19)26(23(20)21)11-15-3-6-17(24)7-4-15/h3-4,6-7,9-10,16H,5,8,11-12H2,1-2H3/t16-/m1/s1. The van der Waals surface area contributed by atoms with Gasteiger partial charge in [-0.25, -0.2) is 4.39 Å². The van der Waals surface area contributed by atoms with E-state index in [2.05, 4.69) is 4.57 Å². The number of carbonyl (C=O) groups excluding carboxylic acids is 2. The summed E-state index contributed by atoms with van der Waals surface area (Å²) in [5, 5.41) is 1.42. The number of benzene rings is 2. The minimum absolute atomic E-state index is 0.0106. The Labute approximate surface area is 173 Å². The second kappa shape index (κ2) is 7.64. The zero-order chi connectivity index (χ0) is 20.7. The number of carbonyl (C=O) groups is 2. The number of fused-ring (bicyclic) bond motifs is 3. The van der Waals surface area contributed by atoms with Crippen LogP contribution < -0.4 is 0 Å². The zero-order valence-corrected chi connectivity index (χ0v) is 17.1. The maximum absolute atomic E-state index is 14.3. The minimum atomic E-state index is -0.419. The Morgan fingerprint density at radius 1 is 1.21 bits per heavy atom. The molecule has 1 heterocycles. The number of nitrogens with zero attached hydrogens (tertiary/aromatic N) is 1. The molecular weight excluding hydrogens is 393 g/mol. The van der Waals surface area contributed by atoms with Crippen LogP contribution in [0.25, 0.3) is 10.9 Å². The highest BCUT2D eigenvalue weighted by Gasteiger charge is 2.32. The molecule has 29 heavy (non-hydrogen) atoms. The molecule has 1 aliphatic rings. The summed E-state index contributed by atoms with van der Waals surface area (Å²) in [5.41, 5.74) is 4.18. The van der Waals surface area contributed by atoms with Gasteiger partial charge in [0.15, 0.2) is 5.78 Å². The van der Waals surface area contributed by atoms with Crippen molar-refractivity contribution in [2.24, 2.45) is 0 Å². The average Bonchev–Trinajstić information content (AvgIpc) is 3.21. The lowest BCUT2D eigenvalue weighted by atomic mass is 10.0. The van der Waals surface area contributed by atoms with Gasteiger partial charge in [0.25, 0.3) is 0 Å². The monoisotopic (exact) mass is 413 g/mol. The highest BCUT2D eigenvalue weighted by Crippen LogP contribution is 2.42. The van der Waals surface area contributed by atoms with Crippen LogP contribution in [0.5, 0.6) is 0 Å². The maximum Gasteiger partial charge on any atom is 0.302 e. The van der Waals surface area contributed by atoms with E-state index in [0.29, 0.717) is 17.1 Å². The highest BCUT2D eigenvalue weighted by molar-refractivity contribution is 6.30. The van der Waals surface area contributed by atoms with Crippen LogP contribution in [0.3, 0.4) is 0 Å². The first-order valence-corrected chi connectivity index (χ1v) is 9.96. The number of ketones is 1. The van der Waals surface area contributed by atoms with E-state index in [4.69, 9.17) is 16.3 Å². The summed E-state index contributed by atoms with van der Waals surface area (Å²) in [4.78, 5) is 23.7. The van der Waals surface area contributed by atoms with E-state index in [1.54, 1.807) is 0 Å². The third-order valence-electron chi connectivity index (χ3n) is 5.52. The van der Waals surface area contributed by atoms with Gasteiger partial charge in [-0.1, -0.05) is 23.7 Å². The second-order valence-corrected chi connectivity index (χ2v) is 7.96. The molecule has 0 N–H and O–H groups in total. The summed E-state index contributed by atoms with van der Waals surface area (Å²) >= 11 is 6.02. The lowest BCUT2D eigenvalue weighted by Crippen LogP contribution is -2.14.